The van der Waals surface area contributed by atoms with Crippen molar-refractivity contribution in [2.24, 2.45) is 0 Å². The van der Waals surface area contributed by atoms with Crippen LogP contribution in [0.3, 0.4) is 0 Å². The molecule has 0 spiro atoms. The van der Waals surface area contributed by atoms with E-state index < -0.39 is 66.2 Å². The standard InChI is InChI=1S/C11H17N2O11PS/c1-3(14)13-10(8(16)17)2-26-5-4(23-10)6(15)11(12,9(18)19)7(5)24-25(20,21)22/h4-7,15H,2,12H2,1H3,(H,13,14)(H,16,17)(H,18,19)(H2,20,21,22)/t4-,5-,6-,7-,10-,11-/m0/s1. The van der Waals surface area contributed by atoms with Crippen molar-refractivity contribution < 1.29 is 59.0 Å². The molecule has 1 heterocycles. The van der Waals surface area contributed by atoms with Gasteiger partial charge in [0.25, 0.3) is 7.82 Å². The molecule has 1 saturated carbocycles. The number of quaternary nitrogens is 1. The van der Waals surface area contributed by atoms with Gasteiger partial charge in [0.2, 0.25) is 17.2 Å². The Bertz CT molecular complexity index is 685. The lowest BCUT2D eigenvalue weighted by atomic mass is 9.94. The molecule has 1 aliphatic carbocycles. The third-order valence-electron chi connectivity index (χ3n) is 4.15. The molecule has 15 heteroatoms. The zero-order valence-corrected chi connectivity index (χ0v) is 14.9. The van der Waals surface area contributed by atoms with E-state index >= 15 is 0 Å². The first kappa shape index (κ1) is 21.1. The first-order chi connectivity index (χ1) is 11.7. The maximum Gasteiger partial charge on any atom is 0.371 e. The average Bonchev–Trinajstić information content (AvgIpc) is 2.68. The first-order valence-corrected chi connectivity index (χ1v) is 9.59. The van der Waals surface area contributed by atoms with Crippen LogP contribution in [0.5, 0.6) is 0 Å². The van der Waals surface area contributed by atoms with Gasteiger partial charge < -0.3 is 45.4 Å². The van der Waals surface area contributed by atoms with Gasteiger partial charge in [0, 0.05) is 6.92 Å². The fraction of sp³-hybridized carbons (Fsp3) is 0.727. The second-order valence-corrected chi connectivity index (χ2v) is 8.27. The largest absolute Gasteiger partial charge is 0.756 e. The van der Waals surface area contributed by atoms with Crippen molar-refractivity contribution in [3.8, 4) is 0 Å². The van der Waals surface area contributed by atoms with E-state index in [0.717, 1.165) is 6.92 Å². The van der Waals surface area contributed by atoms with Crippen LogP contribution in [0, 0.1) is 0 Å². The summed E-state index contributed by atoms with van der Waals surface area (Å²) in [6.07, 6.45) is -5.41. The number of rotatable bonds is 5. The van der Waals surface area contributed by atoms with Gasteiger partial charge in [-0.25, -0.2) is 9.59 Å². The molecule has 26 heavy (non-hydrogen) atoms. The minimum atomic E-state index is -5.42. The van der Waals surface area contributed by atoms with E-state index in [1.54, 1.807) is 0 Å². The van der Waals surface area contributed by atoms with Crippen molar-refractivity contribution in [3.63, 3.8) is 0 Å². The number of aliphatic hydroxyl groups excluding tert-OH is 1. The van der Waals surface area contributed by atoms with E-state index in [4.69, 9.17) is 9.63 Å². The van der Waals surface area contributed by atoms with Crippen LogP contribution in [0.1, 0.15) is 6.92 Å². The van der Waals surface area contributed by atoms with E-state index in [9.17, 15) is 39.2 Å². The Morgan fingerprint density at radius 2 is 1.96 bits per heavy atom. The lowest BCUT2D eigenvalue weighted by Gasteiger charge is -2.40. The number of phosphoric acid groups is 1. The van der Waals surface area contributed by atoms with Gasteiger partial charge in [-0.15, -0.1) is 11.8 Å². The van der Waals surface area contributed by atoms with Crippen LogP contribution in [-0.2, 0) is 28.2 Å². The van der Waals surface area contributed by atoms with E-state index in [-0.39, 0.29) is 0 Å². The van der Waals surface area contributed by atoms with Gasteiger partial charge in [-0.2, -0.15) is 0 Å². The zero-order chi connectivity index (χ0) is 20.1. The zero-order valence-electron chi connectivity index (χ0n) is 13.2. The van der Waals surface area contributed by atoms with Crippen LogP contribution in [0.15, 0.2) is 0 Å². The highest BCUT2D eigenvalue weighted by molar-refractivity contribution is 8.00. The summed E-state index contributed by atoms with van der Waals surface area (Å²) in [6, 6.07) is 0. The molecule has 8 N–H and O–H groups in total. The summed E-state index contributed by atoms with van der Waals surface area (Å²) in [5.74, 6) is -4.55. The van der Waals surface area contributed by atoms with Gasteiger partial charge in [0.05, 0.1) is 11.0 Å². The van der Waals surface area contributed by atoms with Crippen molar-refractivity contribution in [1.29, 1.82) is 0 Å². The highest BCUT2D eigenvalue weighted by Crippen LogP contribution is 2.49. The number of carbonyl (C=O) groups excluding carboxylic acids is 1. The first-order valence-electron chi connectivity index (χ1n) is 7.05. The lowest BCUT2D eigenvalue weighted by Crippen LogP contribution is -2.85. The SMILES string of the molecule is CC(=O)N[C@@]1(C(=O)O)CS[C@H]2[C@H](O1)[C@H](O)[C@@]([NH3+])(C(=O)O)[C@H]2OP(=O)([O-])O. The van der Waals surface area contributed by atoms with Crippen molar-refractivity contribution in [1.82, 2.24) is 5.32 Å². The number of thioether (sulfide) groups is 1. The Labute approximate surface area is 150 Å². The molecule has 0 aromatic rings. The molecule has 0 aromatic carbocycles. The molecule has 7 atom stereocenters. The number of nitrogens with one attached hydrogen (secondary N) is 1. The number of carboxylic acid groups (broad SMARTS) is 2. The Morgan fingerprint density at radius 3 is 2.38 bits per heavy atom. The molecule has 1 saturated heterocycles. The topological polar surface area (TPSA) is 230 Å². The van der Waals surface area contributed by atoms with Gasteiger partial charge >= 0.3 is 11.9 Å². The van der Waals surface area contributed by atoms with Crippen LogP contribution in [0.25, 0.3) is 0 Å². The number of carboxylic acids is 2. The van der Waals surface area contributed by atoms with E-state index in [0.29, 0.717) is 11.8 Å². The summed E-state index contributed by atoms with van der Waals surface area (Å²) in [7, 11) is -5.42. The molecule has 0 radical (unpaired) electrons. The molecule has 0 bridgehead atoms. The molecule has 2 fully saturated rings. The van der Waals surface area contributed by atoms with Gasteiger partial charge in [-0.05, 0) is 0 Å². The summed E-state index contributed by atoms with van der Waals surface area (Å²) in [4.78, 5) is 54.6. The lowest BCUT2D eigenvalue weighted by molar-refractivity contribution is -0.490. The maximum absolute atomic E-state index is 11.6. The molecule has 148 valence electrons. The number of amides is 1. The number of aliphatic hydroxyl groups is 1. The summed E-state index contributed by atoms with van der Waals surface area (Å²) in [5.41, 5.74) is -1.43. The number of carbonyl (C=O) groups is 3. The van der Waals surface area contributed by atoms with Gasteiger partial charge in [-0.3, -0.25) is 9.36 Å². The predicted octanol–water partition coefficient (Wildman–Crippen LogP) is -4.31. The average molecular weight is 416 g/mol. The molecule has 2 aliphatic rings. The van der Waals surface area contributed by atoms with E-state index in [1.165, 1.54) is 0 Å². The smallest absolute Gasteiger partial charge is 0.371 e. The van der Waals surface area contributed by atoms with Gasteiger partial charge in [-0.1, -0.05) is 0 Å². The van der Waals surface area contributed by atoms with Crippen molar-refractivity contribution >= 4 is 37.4 Å². The summed E-state index contributed by atoms with van der Waals surface area (Å²) in [6.45, 7) is 1.03. The highest BCUT2D eigenvalue weighted by Gasteiger charge is 2.71. The fourth-order valence-corrected chi connectivity index (χ4v) is 5.21. The summed E-state index contributed by atoms with van der Waals surface area (Å²) < 4.78 is 20.9. The fourth-order valence-electron chi connectivity index (χ4n) is 2.96. The minimum absolute atomic E-state index is 0.444. The number of hydrogen-bond donors (Lipinski definition) is 6. The molecule has 1 aliphatic heterocycles. The minimum Gasteiger partial charge on any atom is -0.756 e. The summed E-state index contributed by atoms with van der Waals surface area (Å²) in [5, 5.41) is 30.1. The van der Waals surface area contributed by atoms with Crippen molar-refractivity contribution in [2.45, 2.75) is 41.7 Å². The predicted molar refractivity (Wildman–Crippen MR) is 79.3 cm³/mol. The van der Waals surface area contributed by atoms with Gasteiger partial charge in [0.15, 0.2) is 0 Å². The van der Waals surface area contributed by atoms with Crippen LogP contribution in [0.4, 0.5) is 0 Å². The van der Waals surface area contributed by atoms with E-state index in [2.05, 4.69) is 15.6 Å². The van der Waals surface area contributed by atoms with Crippen LogP contribution in [0.2, 0.25) is 0 Å². The molecule has 2 rings (SSSR count). The third-order valence-corrected chi connectivity index (χ3v) is 6.12. The Hall–Kier alpha value is -1.25. The second kappa shape index (κ2) is 6.73. The van der Waals surface area contributed by atoms with Gasteiger partial charge in [0.1, 0.15) is 18.3 Å². The third kappa shape index (κ3) is 3.46. The highest BCUT2D eigenvalue weighted by atomic mass is 32.2. The monoisotopic (exact) mass is 416 g/mol. The Balaban J connectivity index is 2.45. The number of hydrogen-bond acceptors (Lipinski definition) is 9. The Morgan fingerprint density at radius 1 is 1.38 bits per heavy atom. The van der Waals surface area contributed by atoms with Crippen molar-refractivity contribution in [3.05, 3.63) is 0 Å². The number of phosphoric ester groups is 1. The van der Waals surface area contributed by atoms with Crippen LogP contribution >= 0.6 is 19.6 Å². The summed E-state index contributed by atoms with van der Waals surface area (Å²) >= 11 is 0.703. The quantitative estimate of drug-likeness (QED) is 0.234. The molecule has 0 aromatic heterocycles. The maximum atomic E-state index is 11.6. The van der Waals surface area contributed by atoms with Crippen LogP contribution in [-0.4, -0.2) is 78.6 Å². The number of fused-ring (bicyclic) bond motifs is 1. The second-order valence-electron chi connectivity index (χ2n) is 5.96. The molecule has 13 nitrogen and oxygen atoms in total. The Kier molecular flexibility index (Phi) is 5.45. The number of aliphatic carboxylic acids is 2. The van der Waals surface area contributed by atoms with Crippen molar-refractivity contribution in [2.75, 3.05) is 5.75 Å². The normalized spacial score (nSPS) is 41.7. The molecular weight excluding hydrogens is 399 g/mol. The molecule has 1 amide bonds. The number of ether oxygens (including phenoxy) is 1. The van der Waals surface area contributed by atoms with E-state index in [1.807, 2.05) is 0 Å². The molecule has 1 unspecified atom stereocenters. The van der Waals surface area contributed by atoms with Crippen LogP contribution < -0.4 is 15.9 Å². The molecular formula is C11H17N2O11PS.